The van der Waals surface area contributed by atoms with Crippen LogP contribution in [0, 0.1) is 17.7 Å². The van der Waals surface area contributed by atoms with Crippen molar-refractivity contribution >= 4 is 28.0 Å². The summed E-state index contributed by atoms with van der Waals surface area (Å²) in [4.78, 5) is 29.5. The van der Waals surface area contributed by atoms with Crippen LogP contribution in [0.2, 0.25) is 0 Å². The van der Waals surface area contributed by atoms with E-state index in [0.29, 0.717) is 28.1 Å². The second kappa shape index (κ2) is 7.33. The predicted octanol–water partition coefficient (Wildman–Crippen LogP) is 4.18. The summed E-state index contributed by atoms with van der Waals surface area (Å²) < 4.78 is 21.2. The van der Waals surface area contributed by atoms with Crippen LogP contribution in [-0.4, -0.2) is 47.8 Å². The van der Waals surface area contributed by atoms with Crippen LogP contribution in [0.3, 0.4) is 0 Å². The third-order valence-electron chi connectivity index (χ3n) is 7.23. The van der Waals surface area contributed by atoms with E-state index in [4.69, 9.17) is 9.72 Å². The van der Waals surface area contributed by atoms with Crippen molar-refractivity contribution in [1.82, 2.24) is 34.7 Å². The quantitative estimate of drug-likeness (QED) is 0.301. The largest absolute Gasteiger partial charge is 0.469 e. The Morgan fingerprint density at radius 2 is 2.09 bits per heavy atom. The molecule has 5 heterocycles. The van der Waals surface area contributed by atoms with Gasteiger partial charge in [0, 0.05) is 46.7 Å². The van der Waals surface area contributed by atoms with E-state index in [9.17, 15) is 9.18 Å². The number of allylic oxidation sites excluding steroid dienone is 2. The number of aromatic nitrogens is 7. The third kappa shape index (κ3) is 2.95. The first-order chi connectivity index (χ1) is 17.1. The number of rotatable bonds is 4. The molecule has 0 radical (unpaired) electrons. The molecule has 2 bridgehead atoms. The minimum absolute atomic E-state index is 0.215. The number of ether oxygens (including phenoxy) is 1. The summed E-state index contributed by atoms with van der Waals surface area (Å²) in [5.74, 6) is -0.252. The molecule has 3 aliphatic rings. The fourth-order valence-corrected chi connectivity index (χ4v) is 5.52. The lowest BCUT2D eigenvalue weighted by molar-refractivity contribution is -0.150. The van der Waals surface area contributed by atoms with Gasteiger partial charge in [0.1, 0.15) is 17.1 Å². The van der Waals surface area contributed by atoms with E-state index in [1.165, 1.54) is 24.9 Å². The molecule has 2 N–H and O–H groups in total. The number of pyridine rings is 1. The molecule has 0 aromatic carbocycles. The molecule has 174 valence electrons. The molecule has 5 aromatic heterocycles. The van der Waals surface area contributed by atoms with E-state index in [1.54, 1.807) is 18.6 Å². The van der Waals surface area contributed by atoms with Gasteiger partial charge in [-0.1, -0.05) is 11.6 Å². The van der Waals surface area contributed by atoms with Gasteiger partial charge >= 0.3 is 5.97 Å². The van der Waals surface area contributed by atoms with Gasteiger partial charge in [0.15, 0.2) is 5.82 Å². The highest BCUT2D eigenvalue weighted by molar-refractivity contribution is 5.96. The molecular weight excluding hydrogens is 449 g/mol. The molecule has 2 atom stereocenters. The van der Waals surface area contributed by atoms with Crippen LogP contribution in [0.4, 0.5) is 4.39 Å². The van der Waals surface area contributed by atoms with Crippen LogP contribution in [0.5, 0.6) is 0 Å². The van der Waals surface area contributed by atoms with E-state index in [-0.39, 0.29) is 23.8 Å². The first-order valence-electron chi connectivity index (χ1n) is 11.4. The molecule has 3 aliphatic carbocycles. The minimum Gasteiger partial charge on any atom is -0.469 e. The number of carbonyl (C=O) groups excluding carboxylic acids is 1. The first kappa shape index (κ1) is 20.1. The van der Waals surface area contributed by atoms with Gasteiger partial charge in [-0.3, -0.25) is 9.89 Å². The van der Waals surface area contributed by atoms with Gasteiger partial charge in [0.05, 0.1) is 31.0 Å². The molecule has 0 saturated heterocycles. The van der Waals surface area contributed by atoms with E-state index < -0.39 is 5.82 Å². The monoisotopic (exact) mass is 469 g/mol. The molecule has 5 aromatic rings. The first-order valence-corrected chi connectivity index (χ1v) is 11.4. The number of hydrogen-bond donors (Lipinski definition) is 2. The van der Waals surface area contributed by atoms with Gasteiger partial charge in [0.25, 0.3) is 0 Å². The number of aromatic amines is 2. The lowest BCUT2D eigenvalue weighted by Gasteiger charge is -2.44. The van der Waals surface area contributed by atoms with Crippen molar-refractivity contribution in [1.29, 1.82) is 0 Å². The highest BCUT2D eigenvalue weighted by atomic mass is 19.1. The second-order valence-corrected chi connectivity index (χ2v) is 9.14. The van der Waals surface area contributed by atoms with Crippen molar-refractivity contribution < 1.29 is 13.9 Å². The summed E-state index contributed by atoms with van der Waals surface area (Å²) in [7, 11) is 1.44. The maximum Gasteiger partial charge on any atom is 0.311 e. The van der Waals surface area contributed by atoms with Crippen LogP contribution in [0.25, 0.3) is 44.7 Å². The maximum atomic E-state index is 13.9. The van der Waals surface area contributed by atoms with Gasteiger partial charge in [-0.15, -0.1) is 0 Å². The normalized spacial score (nSPS) is 21.2. The molecule has 8 rings (SSSR count). The molecule has 10 heteroatoms. The lowest BCUT2D eigenvalue weighted by atomic mass is 9.64. The van der Waals surface area contributed by atoms with Crippen LogP contribution >= 0.6 is 0 Å². The predicted molar refractivity (Wildman–Crippen MR) is 126 cm³/mol. The molecule has 1 fully saturated rings. The Labute approximate surface area is 198 Å². The minimum atomic E-state index is -0.432. The summed E-state index contributed by atoms with van der Waals surface area (Å²) in [6.07, 6.45) is 12.4. The number of fused-ring (bicyclic) bond motifs is 4. The molecular formula is C25H20FN7O2. The highest BCUT2D eigenvalue weighted by Crippen LogP contribution is 2.51. The number of halogens is 1. The maximum absolute atomic E-state index is 13.9. The zero-order valence-electron chi connectivity index (χ0n) is 18.7. The highest BCUT2D eigenvalue weighted by Gasteiger charge is 2.46. The van der Waals surface area contributed by atoms with Gasteiger partial charge in [0.2, 0.25) is 0 Å². The van der Waals surface area contributed by atoms with E-state index in [1.807, 2.05) is 16.8 Å². The molecule has 9 nitrogen and oxygen atoms in total. The molecule has 0 aliphatic heterocycles. The Balaban J connectivity index is 1.46. The Morgan fingerprint density at radius 3 is 2.89 bits per heavy atom. The van der Waals surface area contributed by atoms with Crippen LogP contribution in [0.15, 0.2) is 54.8 Å². The average molecular weight is 469 g/mol. The lowest BCUT2D eigenvalue weighted by Crippen LogP contribution is -2.41. The van der Waals surface area contributed by atoms with E-state index in [0.717, 1.165) is 29.5 Å². The molecule has 0 amide bonds. The van der Waals surface area contributed by atoms with Crippen molar-refractivity contribution in [3.8, 4) is 22.6 Å². The SMILES string of the molecule is COC(=O)[C@@H]1C2CC(=C[C@H]1n1cc(-c3ccn[nH]3)c3cnc(-c4c[nH]c5ncc(F)cc45)nc31)C2. The molecule has 0 unspecified atom stereocenters. The number of carbonyl (C=O) groups is 1. The van der Waals surface area contributed by atoms with Gasteiger partial charge in [-0.05, 0) is 30.9 Å². The number of hydrogen-bond acceptors (Lipinski definition) is 6. The van der Waals surface area contributed by atoms with Gasteiger partial charge in [-0.2, -0.15) is 5.10 Å². The van der Waals surface area contributed by atoms with E-state index in [2.05, 4.69) is 31.2 Å². The zero-order valence-corrected chi connectivity index (χ0v) is 18.7. The van der Waals surface area contributed by atoms with Crippen molar-refractivity contribution in [3.05, 3.63) is 60.6 Å². The summed E-state index contributed by atoms with van der Waals surface area (Å²) >= 11 is 0. The van der Waals surface area contributed by atoms with Crippen molar-refractivity contribution in [2.45, 2.75) is 18.9 Å². The van der Waals surface area contributed by atoms with Gasteiger partial charge in [-0.25, -0.2) is 19.3 Å². The number of nitrogens with one attached hydrogen (secondary N) is 2. The fourth-order valence-electron chi connectivity index (χ4n) is 5.52. The fraction of sp³-hybridized carbons (Fsp3) is 0.240. The van der Waals surface area contributed by atoms with Crippen molar-refractivity contribution in [2.24, 2.45) is 11.8 Å². The third-order valence-corrected chi connectivity index (χ3v) is 7.23. The second-order valence-electron chi connectivity index (χ2n) is 9.14. The Hall–Kier alpha value is -4.34. The van der Waals surface area contributed by atoms with Crippen LogP contribution < -0.4 is 0 Å². The number of nitrogens with zero attached hydrogens (tertiary/aromatic N) is 5. The Bertz CT molecular complexity index is 1640. The summed E-state index contributed by atoms with van der Waals surface area (Å²) in [6, 6.07) is 3.08. The smallest absolute Gasteiger partial charge is 0.311 e. The molecule has 35 heavy (non-hydrogen) atoms. The van der Waals surface area contributed by atoms with Crippen LogP contribution in [0.1, 0.15) is 18.9 Å². The van der Waals surface area contributed by atoms with Crippen LogP contribution in [-0.2, 0) is 9.53 Å². The number of methoxy groups -OCH3 is 1. The molecule has 1 saturated carbocycles. The molecule has 0 spiro atoms. The summed E-state index contributed by atoms with van der Waals surface area (Å²) in [5, 5.41) is 8.54. The standard InChI is InChI=1S/C25H20FN7O2/c1-35-25(34)21-13-4-12(5-13)6-20(21)33-11-18(19-2-3-30-32-19)17-10-29-23(31-24(17)33)16-9-28-22-15(16)7-14(26)8-27-22/h2-3,6-11,13,20-21H,4-5H2,1H3,(H,27,28)(H,30,32)/t20-,21-/m1/s1. The Kier molecular flexibility index (Phi) is 4.20. The number of esters is 1. The summed E-state index contributed by atoms with van der Waals surface area (Å²) in [5.41, 5.74) is 4.94. The van der Waals surface area contributed by atoms with E-state index >= 15 is 0 Å². The topological polar surface area (TPSA) is 114 Å². The van der Waals surface area contributed by atoms with Crippen molar-refractivity contribution in [2.75, 3.05) is 7.11 Å². The Morgan fingerprint density at radius 1 is 1.20 bits per heavy atom. The average Bonchev–Trinajstić information content (AvgIpc) is 3.60. The zero-order chi connectivity index (χ0) is 23.7. The summed E-state index contributed by atoms with van der Waals surface area (Å²) in [6.45, 7) is 0. The van der Waals surface area contributed by atoms with Gasteiger partial charge < -0.3 is 14.3 Å². The van der Waals surface area contributed by atoms with Crippen molar-refractivity contribution in [3.63, 3.8) is 0 Å². The number of H-pyrrole nitrogens is 2.